The van der Waals surface area contributed by atoms with E-state index in [1.165, 1.54) is 6.20 Å². The van der Waals surface area contributed by atoms with Crippen LogP contribution in [0.5, 0.6) is 5.75 Å². The summed E-state index contributed by atoms with van der Waals surface area (Å²) in [6, 6.07) is 2.39. The van der Waals surface area contributed by atoms with Crippen molar-refractivity contribution in [1.82, 2.24) is 39.8 Å². The van der Waals surface area contributed by atoms with E-state index in [1.54, 1.807) is 23.5 Å². The van der Waals surface area contributed by atoms with E-state index in [1.807, 2.05) is 23.9 Å². The molecule has 5 heterocycles. The van der Waals surface area contributed by atoms with E-state index in [0.29, 0.717) is 22.3 Å². The summed E-state index contributed by atoms with van der Waals surface area (Å²) in [5.41, 5.74) is 3.11. The molecule has 0 radical (unpaired) electrons. The number of nitrogens with zero attached hydrogens (tertiary/aromatic N) is 7. The number of halogens is 4. The maximum absolute atomic E-state index is 14.5. The quantitative estimate of drug-likeness (QED) is 0.366. The maximum Gasteiger partial charge on any atom is 0.149 e. The number of piperidine rings is 1. The van der Waals surface area contributed by atoms with Crippen molar-refractivity contribution < 1.29 is 13.5 Å². The SMILES string of the molecule is Cc1c(-c2cc(OCC(c3ncc(F)cc3F)N(C)C)c3c(Cl)cnn3c2)nnn1C1CCNCC1.Cl. The molecule has 1 fully saturated rings. The number of aromatic nitrogens is 6. The van der Waals surface area contributed by atoms with Gasteiger partial charge in [-0.15, -0.1) is 17.5 Å². The van der Waals surface area contributed by atoms with Crippen molar-refractivity contribution in [1.29, 1.82) is 0 Å². The zero-order valence-electron chi connectivity index (χ0n) is 20.7. The number of ether oxygens (including phenoxy) is 1. The van der Waals surface area contributed by atoms with Crippen LogP contribution in [-0.4, -0.2) is 68.3 Å². The van der Waals surface area contributed by atoms with Crippen LogP contribution in [0.15, 0.2) is 30.7 Å². The van der Waals surface area contributed by atoms with Gasteiger partial charge in [0, 0.05) is 17.8 Å². The highest BCUT2D eigenvalue weighted by Gasteiger charge is 2.24. The van der Waals surface area contributed by atoms with Crippen LogP contribution in [0.3, 0.4) is 0 Å². The first-order valence-electron chi connectivity index (χ1n) is 11.7. The minimum Gasteiger partial charge on any atom is -0.489 e. The number of pyridine rings is 2. The second-order valence-corrected chi connectivity index (χ2v) is 9.55. The van der Waals surface area contributed by atoms with Crippen molar-refractivity contribution in [2.45, 2.75) is 31.8 Å². The van der Waals surface area contributed by atoms with Gasteiger partial charge in [0.2, 0.25) is 0 Å². The van der Waals surface area contributed by atoms with Gasteiger partial charge in [-0.1, -0.05) is 16.8 Å². The molecule has 13 heteroatoms. The molecule has 1 N–H and O–H groups in total. The first-order valence-corrected chi connectivity index (χ1v) is 12.1. The lowest BCUT2D eigenvalue weighted by atomic mass is 10.1. The van der Waals surface area contributed by atoms with Gasteiger partial charge in [-0.05, 0) is 53.0 Å². The van der Waals surface area contributed by atoms with Crippen molar-refractivity contribution in [3.63, 3.8) is 0 Å². The molecule has 0 aromatic carbocycles. The van der Waals surface area contributed by atoms with Gasteiger partial charge in [-0.2, -0.15) is 5.10 Å². The van der Waals surface area contributed by atoms with Gasteiger partial charge in [0.25, 0.3) is 0 Å². The Bertz CT molecular complexity index is 1390. The van der Waals surface area contributed by atoms with Crippen molar-refractivity contribution in [2.75, 3.05) is 33.8 Å². The third-order valence-electron chi connectivity index (χ3n) is 6.56. The molecule has 1 aliphatic heterocycles. The zero-order chi connectivity index (χ0) is 25.4. The lowest BCUT2D eigenvalue weighted by molar-refractivity contribution is 0.180. The molecule has 1 unspecified atom stereocenters. The number of nitrogens with one attached hydrogen (secondary N) is 1. The summed E-state index contributed by atoms with van der Waals surface area (Å²) in [5, 5.41) is 17.0. The fraction of sp³-hybridized carbons (Fsp3) is 0.417. The van der Waals surface area contributed by atoms with Gasteiger partial charge >= 0.3 is 0 Å². The highest BCUT2D eigenvalue weighted by Crippen LogP contribution is 2.34. The Morgan fingerprint density at radius 2 is 1.97 bits per heavy atom. The van der Waals surface area contributed by atoms with Crippen molar-refractivity contribution >= 4 is 29.5 Å². The molecule has 37 heavy (non-hydrogen) atoms. The van der Waals surface area contributed by atoms with Crippen LogP contribution in [0.1, 0.15) is 36.3 Å². The van der Waals surface area contributed by atoms with Crippen molar-refractivity contribution in [2.24, 2.45) is 0 Å². The van der Waals surface area contributed by atoms with Crippen LogP contribution in [0.4, 0.5) is 8.78 Å². The van der Waals surface area contributed by atoms with Gasteiger partial charge in [0.15, 0.2) is 0 Å². The maximum atomic E-state index is 14.5. The van der Waals surface area contributed by atoms with E-state index in [0.717, 1.165) is 55.1 Å². The Balaban J connectivity index is 0.00000320. The smallest absolute Gasteiger partial charge is 0.149 e. The Morgan fingerprint density at radius 3 is 2.68 bits per heavy atom. The van der Waals surface area contributed by atoms with Gasteiger partial charge in [-0.3, -0.25) is 9.88 Å². The number of rotatable bonds is 7. The molecule has 9 nitrogen and oxygen atoms in total. The molecule has 0 amide bonds. The summed E-state index contributed by atoms with van der Waals surface area (Å²) in [6.07, 6.45) is 6.35. The topological polar surface area (TPSA) is 85.4 Å². The third kappa shape index (κ3) is 5.40. The van der Waals surface area contributed by atoms with Crippen LogP contribution in [0.2, 0.25) is 5.02 Å². The minimum absolute atomic E-state index is 0. The normalized spacial score (nSPS) is 15.2. The van der Waals surface area contributed by atoms with E-state index in [2.05, 4.69) is 25.7 Å². The first kappa shape index (κ1) is 27.2. The molecule has 0 aliphatic carbocycles. The molecule has 198 valence electrons. The molecule has 0 spiro atoms. The monoisotopic (exact) mass is 552 g/mol. The lowest BCUT2D eigenvalue weighted by Gasteiger charge is -2.24. The number of likely N-dealkylation sites (N-methyl/N-ethyl adjacent to an activating group) is 1. The summed E-state index contributed by atoms with van der Waals surface area (Å²) in [6.45, 7) is 3.95. The van der Waals surface area contributed by atoms with Gasteiger partial charge in [0.05, 0.1) is 40.9 Å². The second-order valence-electron chi connectivity index (χ2n) is 9.14. The molecule has 4 aromatic heterocycles. The van der Waals surface area contributed by atoms with Gasteiger partial charge < -0.3 is 10.1 Å². The van der Waals surface area contributed by atoms with E-state index in [4.69, 9.17) is 16.3 Å². The van der Waals surface area contributed by atoms with Crippen LogP contribution in [0, 0.1) is 18.6 Å². The Labute approximate surface area is 224 Å². The predicted molar refractivity (Wildman–Crippen MR) is 138 cm³/mol. The van der Waals surface area contributed by atoms with Crippen LogP contribution >= 0.6 is 24.0 Å². The molecule has 5 rings (SSSR count). The number of hydrogen-bond donors (Lipinski definition) is 1. The summed E-state index contributed by atoms with van der Waals surface area (Å²) in [5.74, 6) is -1.01. The molecule has 1 saturated heterocycles. The van der Waals surface area contributed by atoms with Gasteiger partial charge in [0.1, 0.15) is 35.2 Å². The number of fused-ring (bicyclic) bond motifs is 1. The van der Waals surface area contributed by atoms with Crippen LogP contribution < -0.4 is 10.1 Å². The fourth-order valence-corrected chi connectivity index (χ4v) is 4.83. The largest absolute Gasteiger partial charge is 0.489 e. The van der Waals surface area contributed by atoms with Crippen LogP contribution in [-0.2, 0) is 0 Å². The fourth-order valence-electron chi connectivity index (χ4n) is 4.61. The zero-order valence-corrected chi connectivity index (χ0v) is 22.2. The Kier molecular flexibility index (Phi) is 8.27. The first-order chi connectivity index (χ1) is 17.3. The Hall–Kier alpha value is -2.86. The average Bonchev–Trinajstić information content (AvgIpc) is 3.43. The standard InChI is InChI=1S/C24H27ClF2N8O.ClH/c1-14-22(31-32-35(14)17-4-6-28-7-5-17)15-8-21(24-18(25)11-30-34(24)12-15)36-13-20(33(2)3)23-19(27)9-16(26)10-29-23;/h8-12,17,20,28H,4-7,13H2,1-3H3;1H. The third-order valence-corrected chi connectivity index (χ3v) is 6.84. The van der Waals surface area contributed by atoms with Gasteiger partial charge in [-0.25, -0.2) is 18.0 Å². The molecule has 1 atom stereocenters. The average molecular weight is 553 g/mol. The van der Waals surface area contributed by atoms with Crippen LogP contribution in [0.25, 0.3) is 16.8 Å². The summed E-state index contributed by atoms with van der Waals surface area (Å²) in [4.78, 5) is 5.73. The molecule has 0 bridgehead atoms. The molecule has 0 saturated carbocycles. The lowest BCUT2D eigenvalue weighted by Crippen LogP contribution is -2.30. The molecule has 4 aromatic rings. The molecule has 1 aliphatic rings. The number of hydrogen-bond acceptors (Lipinski definition) is 7. The Morgan fingerprint density at radius 1 is 1.22 bits per heavy atom. The van der Waals surface area contributed by atoms with Crippen molar-refractivity contribution in [3.05, 3.63) is 58.8 Å². The molecular formula is C24H28Cl2F2N8O. The summed E-state index contributed by atoms with van der Waals surface area (Å²) < 4.78 is 37.7. The van der Waals surface area contributed by atoms with E-state index in [9.17, 15) is 8.78 Å². The summed E-state index contributed by atoms with van der Waals surface area (Å²) in [7, 11) is 3.55. The van der Waals surface area contributed by atoms with Crippen molar-refractivity contribution in [3.8, 4) is 17.0 Å². The predicted octanol–water partition coefficient (Wildman–Crippen LogP) is 4.26. The second kappa shape index (κ2) is 11.3. The minimum atomic E-state index is -0.733. The summed E-state index contributed by atoms with van der Waals surface area (Å²) >= 11 is 6.42. The van der Waals surface area contributed by atoms with E-state index in [-0.39, 0.29) is 24.7 Å². The highest BCUT2D eigenvalue weighted by molar-refractivity contribution is 6.34. The highest BCUT2D eigenvalue weighted by atomic mass is 35.5. The van der Waals surface area contributed by atoms with E-state index < -0.39 is 17.7 Å². The molecular weight excluding hydrogens is 525 g/mol. The van der Waals surface area contributed by atoms with E-state index >= 15 is 0 Å².